The van der Waals surface area contributed by atoms with E-state index in [1.54, 1.807) is 6.92 Å². The van der Waals surface area contributed by atoms with Crippen LogP contribution in [0.5, 0.6) is 0 Å². The molecule has 0 aliphatic heterocycles. The van der Waals surface area contributed by atoms with Crippen LogP contribution >= 0.6 is 0 Å². The summed E-state index contributed by atoms with van der Waals surface area (Å²) in [6.07, 6.45) is 0.303. The lowest BCUT2D eigenvalue weighted by Crippen LogP contribution is -2.30. The second-order valence-corrected chi connectivity index (χ2v) is 7.12. The zero-order chi connectivity index (χ0) is 13.3. The zero-order valence-electron chi connectivity index (χ0n) is 10.1. The van der Waals surface area contributed by atoms with Crippen LogP contribution in [0.2, 0.25) is 0 Å². The molecule has 0 aliphatic carbocycles. The van der Waals surface area contributed by atoms with E-state index in [1.807, 2.05) is 0 Å². The van der Waals surface area contributed by atoms with Crippen molar-refractivity contribution in [3.05, 3.63) is 0 Å². The molecule has 0 aromatic carbocycles. The van der Waals surface area contributed by atoms with Gasteiger partial charge in [0.2, 0.25) is 10.0 Å². The molecule has 6 nitrogen and oxygen atoms in total. The molecule has 0 saturated carbocycles. The van der Waals surface area contributed by atoms with Crippen LogP contribution in [0.3, 0.4) is 0 Å². The van der Waals surface area contributed by atoms with Crippen LogP contribution in [0.1, 0.15) is 19.8 Å². The van der Waals surface area contributed by atoms with Crippen molar-refractivity contribution in [3.63, 3.8) is 0 Å². The summed E-state index contributed by atoms with van der Waals surface area (Å²) in [5.74, 6) is 0.282. The number of esters is 1. The average molecular weight is 285 g/mol. The molecule has 0 rings (SSSR count). The van der Waals surface area contributed by atoms with Gasteiger partial charge in [-0.1, -0.05) is 6.92 Å². The molecule has 1 atom stereocenters. The normalized spacial score (nSPS) is 13.3. The number of hydrogen-bond acceptors (Lipinski definition) is 5. The Kier molecular flexibility index (Phi) is 8.36. The zero-order valence-corrected chi connectivity index (χ0v) is 11.7. The van der Waals surface area contributed by atoms with E-state index in [4.69, 9.17) is 0 Å². The van der Waals surface area contributed by atoms with Gasteiger partial charge in [-0.2, -0.15) is 0 Å². The van der Waals surface area contributed by atoms with E-state index in [2.05, 4.69) is 9.46 Å². The molecule has 1 unspecified atom stereocenters. The van der Waals surface area contributed by atoms with E-state index < -0.39 is 26.8 Å². The summed E-state index contributed by atoms with van der Waals surface area (Å²) in [5, 5.41) is 0. The van der Waals surface area contributed by atoms with Gasteiger partial charge in [0.1, 0.15) is 0 Å². The van der Waals surface area contributed by atoms with Gasteiger partial charge in [0.25, 0.3) is 0 Å². The van der Waals surface area contributed by atoms with Crippen molar-refractivity contribution in [2.45, 2.75) is 19.8 Å². The summed E-state index contributed by atoms with van der Waals surface area (Å²) >= 11 is 0. The minimum Gasteiger partial charge on any atom is -0.469 e. The maximum absolute atomic E-state index is 11.4. The lowest BCUT2D eigenvalue weighted by molar-refractivity contribution is -0.140. The molecule has 17 heavy (non-hydrogen) atoms. The first-order chi connectivity index (χ1) is 7.91. The molecule has 8 heteroatoms. The lowest BCUT2D eigenvalue weighted by Gasteiger charge is -2.05. The van der Waals surface area contributed by atoms with E-state index in [9.17, 15) is 17.4 Å². The first-order valence-corrected chi connectivity index (χ1v) is 8.44. The highest BCUT2D eigenvalue weighted by atomic mass is 32.2. The van der Waals surface area contributed by atoms with Gasteiger partial charge in [-0.3, -0.25) is 9.00 Å². The Morgan fingerprint density at radius 1 is 1.41 bits per heavy atom. The molecule has 0 fully saturated rings. The van der Waals surface area contributed by atoms with E-state index in [0.29, 0.717) is 11.5 Å². The van der Waals surface area contributed by atoms with Crippen LogP contribution in [0, 0.1) is 0 Å². The number of hydrogen-bond donors (Lipinski definition) is 1. The summed E-state index contributed by atoms with van der Waals surface area (Å²) in [6.45, 7) is 1.95. The number of carbonyl (C=O) groups is 1. The molecule has 0 amide bonds. The molecule has 0 aromatic heterocycles. The number of sulfonamides is 1. The quantitative estimate of drug-likeness (QED) is 0.584. The third kappa shape index (κ3) is 9.25. The Balaban J connectivity index is 3.81. The van der Waals surface area contributed by atoms with Gasteiger partial charge in [0.15, 0.2) is 0 Å². The fourth-order valence-corrected chi connectivity index (χ4v) is 2.87. The van der Waals surface area contributed by atoms with Crippen molar-refractivity contribution in [1.29, 1.82) is 0 Å². The maximum atomic E-state index is 11.4. The van der Waals surface area contributed by atoms with Crippen molar-refractivity contribution in [3.8, 4) is 0 Å². The van der Waals surface area contributed by atoms with Gasteiger partial charge in [-0.05, 0) is 6.42 Å². The van der Waals surface area contributed by atoms with Gasteiger partial charge in [0.05, 0.1) is 12.9 Å². The van der Waals surface area contributed by atoms with Gasteiger partial charge in [0, 0.05) is 35.3 Å². The molecule has 0 saturated heterocycles. The molecule has 0 bridgehead atoms. The molecule has 0 aliphatic rings. The third-order valence-corrected chi connectivity index (χ3v) is 4.77. The largest absolute Gasteiger partial charge is 0.469 e. The van der Waals surface area contributed by atoms with E-state index in [1.165, 1.54) is 7.11 Å². The number of rotatable bonds is 9. The number of ether oxygens (including phenoxy) is 1. The molecule has 0 heterocycles. The minimum atomic E-state index is -3.38. The van der Waals surface area contributed by atoms with Gasteiger partial charge in [-0.25, -0.2) is 13.1 Å². The maximum Gasteiger partial charge on any atom is 0.305 e. The Hall–Kier alpha value is -0.470. The smallest absolute Gasteiger partial charge is 0.305 e. The van der Waals surface area contributed by atoms with Gasteiger partial charge >= 0.3 is 5.97 Å². The summed E-state index contributed by atoms with van der Waals surface area (Å²) in [4.78, 5) is 10.8. The first kappa shape index (κ1) is 16.5. The Labute approximate surface area is 105 Å². The van der Waals surface area contributed by atoms with Crippen molar-refractivity contribution in [2.75, 3.05) is 30.9 Å². The van der Waals surface area contributed by atoms with Crippen molar-refractivity contribution in [1.82, 2.24) is 4.72 Å². The standard InChI is InChI=1S/C9H19NO5S2/c1-3-16(12)7-6-10-17(13,14)8-4-5-9(11)15-2/h10H,3-8H2,1-2H3. The predicted molar refractivity (Wildman–Crippen MR) is 66.6 cm³/mol. The molecule has 0 spiro atoms. The molecule has 0 aromatic rings. The number of methoxy groups -OCH3 is 1. The topological polar surface area (TPSA) is 89.5 Å². The summed E-state index contributed by atoms with van der Waals surface area (Å²) in [6, 6.07) is 0. The van der Waals surface area contributed by atoms with Crippen LogP contribution < -0.4 is 4.72 Å². The van der Waals surface area contributed by atoms with E-state index in [-0.39, 0.29) is 25.1 Å². The molecule has 0 radical (unpaired) electrons. The van der Waals surface area contributed by atoms with Crippen LogP contribution in [0.4, 0.5) is 0 Å². The SMILES string of the molecule is CCS(=O)CCNS(=O)(=O)CCCC(=O)OC. The van der Waals surface area contributed by atoms with Crippen molar-refractivity contribution in [2.24, 2.45) is 0 Å². The minimum absolute atomic E-state index is 0.0816. The highest BCUT2D eigenvalue weighted by molar-refractivity contribution is 7.89. The number of carbonyl (C=O) groups excluding carboxylic acids is 1. The highest BCUT2D eigenvalue weighted by Crippen LogP contribution is 1.96. The summed E-state index contributed by atoms with van der Waals surface area (Å²) < 4.78 is 40.6. The van der Waals surface area contributed by atoms with Crippen LogP contribution in [-0.4, -0.2) is 49.5 Å². The third-order valence-electron chi connectivity index (χ3n) is 2.00. The second kappa shape index (κ2) is 8.60. The van der Waals surface area contributed by atoms with Crippen LogP contribution in [0.15, 0.2) is 0 Å². The van der Waals surface area contributed by atoms with Crippen LogP contribution in [0.25, 0.3) is 0 Å². The monoisotopic (exact) mass is 285 g/mol. The Morgan fingerprint density at radius 2 is 2.06 bits per heavy atom. The molecule has 102 valence electrons. The Bertz CT molecular complexity index is 324. The van der Waals surface area contributed by atoms with Gasteiger partial charge < -0.3 is 4.74 Å². The molecular weight excluding hydrogens is 266 g/mol. The average Bonchev–Trinajstić information content (AvgIpc) is 2.27. The predicted octanol–water partition coefficient (Wildman–Crippen LogP) is -0.372. The van der Waals surface area contributed by atoms with Gasteiger partial charge in [-0.15, -0.1) is 0 Å². The highest BCUT2D eigenvalue weighted by Gasteiger charge is 2.11. The van der Waals surface area contributed by atoms with E-state index >= 15 is 0 Å². The number of nitrogens with one attached hydrogen (secondary N) is 1. The lowest BCUT2D eigenvalue weighted by atomic mass is 10.3. The molecule has 1 N–H and O–H groups in total. The molecular formula is C9H19NO5S2. The Morgan fingerprint density at radius 3 is 2.59 bits per heavy atom. The van der Waals surface area contributed by atoms with Crippen LogP contribution in [-0.2, 0) is 30.4 Å². The van der Waals surface area contributed by atoms with Crippen molar-refractivity contribution >= 4 is 26.8 Å². The summed E-state index contributed by atoms with van der Waals surface area (Å²) in [7, 11) is -3.10. The van der Waals surface area contributed by atoms with Crippen molar-refractivity contribution < 1.29 is 22.2 Å². The fraction of sp³-hybridized carbons (Fsp3) is 0.889. The second-order valence-electron chi connectivity index (χ2n) is 3.33. The first-order valence-electron chi connectivity index (χ1n) is 5.30. The van der Waals surface area contributed by atoms with E-state index in [0.717, 1.165) is 0 Å². The summed E-state index contributed by atoms with van der Waals surface area (Å²) in [5.41, 5.74) is 0. The fourth-order valence-electron chi connectivity index (χ4n) is 1.04.